The molecule has 1 aromatic heterocycles. The molecule has 0 bridgehead atoms. The van der Waals surface area contributed by atoms with Crippen LogP contribution in [0.2, 0.25) is 0 Å². The van der Waals surface area contributed by atoms with Crippen LogP contribution in [0.15, 0.2) is 53.0 Å². The maximum absolute atomic E-state index is 9.35. The fourth-order valence-electron chi connectivity index (χ4n) is 2.13. The average molecular weight is 269 g/mol. The van der Waals surface area contributed by atoms with Crippen molar-refractivity contribution in [3.63, 3.8) is 0 Å². The summed E-state index contributed by atoms with van der Waals surface area (Å²) in [5.41, 5.74) is 3.05. The Hall–Kier alpha value is -2.33. The summed E-state index contributed by atoms with van der Waals surface area (Å²) in [4.78, 5) is 0. The summed E-state index contributed by atoms with van der Waals surface area (Å²) in [6, 6.07) is 13.1. The third-order valence-electron chi connectivity index (χ3n) is 3.03. The van der Waals surface area contributed by atoms with Gasteiger partial charge in [0.15, 0.2) is 0 Å². The zero-order chi connectivity index (χ0) is 13.2. The van der Waals surface area contributed by atoms with Gasteiger partial charge in [0.1, 0.15) is 5.75 Å². The number of thiophene rings is 1. The lowest BCUT2D eigenvalue weighted by molar-refractivity contribution is 0.322. The predicted octanol–water partition coefficient (Wildman–Crippen LogP) is 4.08. The fourth-order valence-corrected chi connectivity index (χ4v) is 3.09. The summed E-state index contributed by atoms with van der Waals surface area (Å²) in [7, 11) is 0. The van der Waals surface area contributed by atoms with Gasteiger partial charge in [0, 0.05) is 15.6 Å². The number of phenolic OH excluding ortho intramolecular Hbond substituents is 1. The van der Waals surface area contributed by atoms with Crippen molar-refractivity contribution >= 4 is 27.6 Å². The first kappa shape index (κ1) is 11.7. The van der Waals surface area contributed by atoms with Crippen LogP contribution in [-0.4, -0.2) is 16.5 Å². The highest BCUT2D eigenvalue weighted by Gasteiger charge is 2.08. The summed E-state index contributed by atoms with van der Waals surface area (Å²) in [6.07, 6.45) is 1.44. The maximum atomic E-state index is 9.35. The van der Waals surface area contributed by atoms with Crippen LogP contribution in [0.1, 0.15) is 5.56 Å². The van der Waals surface area contributed by atoms with Crippen molar-refractivity contribution in [2.24, 2.45) is 5.16 Å². The standard InChI is InChI=1S/C15H11NO2S/c17-12-4-1-10(2-5-12)13-6-3-11(9-16-18)14-7-8-19-15(13)14/h1-9,17-18H/b16-9+. The van der Waals surface area contributed by atoms with Crippen LogP contribution < -0.4 is 0 Å². The number of oxime groups is 1. The van der Waals surface area contributed by atoms with Crippen molar-refractivity contribution in [1.82, 2.24) is 0 Å². The lowest BCUT2D eigenvalue weighted by atomic mass is 10.0. The van der Waals surface area contributed by atoms with E-state index in [9.17, 15) is 5.11 Å². The fraction of sp³-hybridized carbons (Fsp3) is 0. The van der Waals surface area contributed by atoms with Crippen molar-refractivity contribution in [1.29, 1.82) is 0 Å². The average Bonchev–Trinajstić information content (AvgIpc) is 2.90. The Labute approximate surface area is 114 Å². The van der Waals surface area contributed by atoms with E-state index in [0.717, 1.165) is 26.8 Å². The van der Waals surface area contributed by atoms with E-state index in [1.54, 1.807) is 23.5 Å². The highest BCUT2D eigenvalue weighted by atomic mass is 32.1. The minimum Gasteiger partial charge on any atom is -0.508 e. The zero-order valence-corrected chi connectivity index (χ0v) is 10.8. The van der Waals surface area contributed by atoms with Gasteiger partial charge in [-0.15, -0.1) is 11.3 Å². The Morgan fingerprint density at radius 1 is 1.00 bits per heavy atom. The molecule has 0 saturated heterocycles. The second-order valence-corrected chi connectivity index (χ2v) is 5.07. The molecule has 0 unspecified atom stereocenters. The van der Waals surface area contributed by atoms with Gasteiger partial charge in [-0.25, -0.2) is 0 Å². The van der Waals surface area contributed by atoms with E-state index in [1.165, 1.54) is 6.21 Å². The molecule has 0 aliphatic carbocycles. The lowest BCUT2D eigenvalue weighted by Crippen LogP contribution is -1.84. The number of hydrogen-bond donors (Lipinski definition) is 2. The molecule has 2 N–H and O–H groups in total. The van der Waals surface area contributed by atoms with Crippen LogP contribution >= 0.6 is 11.3 Å². The number of rotatable bonds is 2. The molecule has 0 atom stereocenters. The minimum atomic E-state index is 0.259. The molecule has 2 aromatic carbocycles. The number of benzene rings is 2. The van der Waals surface area contributed by atoms with E-state index in [4.69, 9.17) is 5.21 Å². The summed E-state index contributed by atoms with van der Waals surface area (Å²) in [6.45, 7) is 0. The van der Waals surface area contributed by atoms with Crippen LogP contribution in [0.4, 0.5) is 0 Å². The van der Waals surface area contributed by atoms with Crippen LogP contribution in [0.25, 0.3) is 21.2 Å². The van der Waals surface area contributed by atoms with Gasteiger partial charge in [-0.2, -0.15) is 0 Å². The Morgan fingerprint density at radius 2 is 1.79 bits per heavy atom. The van der Waals surface area contributed by atoms with E-state index in [-0.39, 0.29) is 5.75 Å². The molecule has 19 heavy (non-hydrogen) atoms. The van der Waals surface area contributed by atoms with Crippen LogP contribution in [0, 0.1) is 0 Å². The van der Waals surface area contributed by atoms with E-state index in [2.05, 4.69) is 5.16 Å². The first-order valence-electron chi connectivity index (χ1n) is 5.76. The second kappa shape index (κ2) is 4.74. The Balaban J connectivity index is 2.23. The smallest absolute Gasteiger partial charge is 0.115 e. The largest absolute Gasteiger partial charge is 0.508 e. The van der Waals surface area contributed by atoms with Gasteiger partial charge < -0.3 is 10.3 Å². The molecule has 3 rings (SSSR count). The van der Waals surface area contributed by atoms with Gasteiger partial charge >= 0.3 is 0 Å². The van der Waals surface area contributed by atoms with Crippen LogP contribution in [0.3, 0.4) is 0 Å². The monoisotopic (exact) mass is 269 g/mol. The molecule has 0 amide bonds. The first-order valence-corrected chi connectivity index (χ1v) is 6.64. The maximum Gasteiger partial charge on any atom is 0.115 e. The van der Waals surface area contributed by atoms with Crippen LogP contribution in [0.5, 0.6) is 5.75 Å². The SMILES string of the molecule is O/N=C/c1ccc(-c2ccc(O)cc2)c2sccc12. The highest BCUT2D eigenvalue weighted by molar-refractivity contribution is 7.17. The van der Waals surface area contributed by atoms with Gasteiger partial charge in [0.2, 0.25) is 0 Å². The van der Waals surface area contributed by atoms with E-state index in [1.807, 2.05) is 35.7 Å². The van der Waals surface area contributed by atoms with Gasteiger partial charge in [-0.05, 0) is 34.7 Å². The van der Waals surface area contributed by atoms with Crippen molar-refractivity contribution in [3.8, 4) is 16.9 Å². The number of nitrogens with zero attached hydrogens (tertiary/aromatic N) is 1. The first-order chi connectivity index (χ1) is 9.29. The molecule has 0 aliphatic rings. The molecule has 0 radical (unpaired) electrons. The molecule has 0 spiro atoms. The van der Waals surface area contributed by atoms with E-state index >= 15 is 0 Å². The van der Waals surface area contributed by atoms with Crippen molar-refractivity contribution in [3.05, 3.63) is 53.4 Å². The Bertz CT molecular complexity index is 744. The normalized spacial score (nSPS) is 11.4. The molecular formula is C15H11NO2S. The predicted molar refractivity (Wildman–Crippen MR) is 78.3 cm³/mol. The quantitative estimate of drug-likeness (QED) is 0.418. The molecule has 94 valence electrons. The number of aromatic hydroxyl groups is 1. The number of phenols is 1. The third-order valence-corrected chi connectivity index (χ3v) is 3.97. The Morgan fingerprint density at radius 3 is 2.53 bits per heavy atom. The number of fused-ring (bicyclic) bond motifs is 1. The molecule has 0 saturated carbocycles. The highest BCUT2D eigenvalue weighted by Crippen LogP contribution is 2.34. The van der Waals surface area contributed by atoms with Gasteiger partial charge in [-0.3, -0.25) is 0 Å². The molecule has 3 aromatic rings. The zero-order valence-electron chi connectivity index (χ0n) is 9.95. The molecule has 0 fully saturated rings. The molecule has 1 heterocycles. The molecule has 0 aliphatic heterocycles. The second-order valence-electron chi connectivity index (χ2n) is 4.16. The lowest BCUT2D eigenvalue weighted by Gasteiger charge is -2.05. The molecule has 4 heteroatoms. The third kappa shape index (κ3) is 2.06. The molecule has 3 nitrogen and oxygen atoms in total. The van der Waals surface area contributed by atoms with Gasteiger partial charge in [0.05, 0.1) is 6.21 Å². The number of hydrogen-bond acceptors (Lipinski definition) is 4. The van der Waals surface area contributed by atoms with Crippen molar-refractivity contribution in [2.75, 3.05) is 0 Å². The minimum absolute atomic E-state index is 0.259. The summed E-state index contributed by atoms with van der Waals surface area (Å²) in [5.74, 6) is 0.259. The van der Waals surface area contributed by atoms with E-state index < -0.39 is 0 Å². The van der Waals surface area contributed by atoms with Crippen LogP contribution in [-0.2, 0) is 0 Å². The van der Waals surface area contributed by atoms with Gasteiger partial charge in [-0.1, -0.05) is 29.4 Å². The summed E-state index contributed by atoms with van der Waals surface area (Å²) < 4.78 is 1.14. The van der Waals surface area contributed by atoms with Crippen molar-refractivity contribution < 1.29 is 10.3 Å². The van der Waals surface area contributed by atoms with E-state index in [0.29, 0.717) is 0 Å². The molecular weight excluding hydrogens is 258 g/mol. The Kier molecular flexibility index (Phi) is 2.93. The topological polar surface area (TPSA) is 52.8 Å². The van der Waals surface area contributed by atoms with Crippen molar-refractivity contribution in [2.45, 2.75) is 0 Å². The van der Waals surface area contributed by atoms with Gasteiger partial charge in [0.25, 0.3) is 0 Å². The summed E-state index contributed by atoms with van der Waals surface area (Å²) >= 11 is 1.65. The summed E-state index contributed by atoms with van der Waals surface area (Å²) in [5, 5.41) is 24.2.